The molecule has 92 valence electrons. The van der Waals surface area contributed by atoms with Crippen molar-refractivity contribution >= 4 is 11.6 Å². The maximum atomic E-state index is 11.8. The van der Waals surface area contributed by atoms with E-state index in [0.717, 1.165) is 16.8 Å². The molecule has 1 aromatic carbocycles. The lowest BCUT2D eigenvalue weighted by Gasteiger charge is -2.18. The Balaban J connectivity index is 0.000000514. The van der Waals surface area contributed by atoms with E-state index in [4.69, 9.17) is 9.47 Å². The summed E-state index contributed by atoms with van der Waals surface area (Å²) in [5.74, 6) is -1.40. The zero-order chi connectivity index (χ0) is 12.5. The maximum Gasteiger partial charge on any atom is 0.289 e. The van der Waals surface area contributed by atoms with Gasteiger partial charge in [0, 0.05) is 5.56 Å². The number of aryl methyl sites for hydroxylation is 1. The summed E-state index contributed by atoms with van der Waals surface area (Å²) in [6, 6.07) is 5.72. The summed E-state index contributed by atoms with van der Waals surface area (Å²) >= 11 is 0. The lowest BCUT2D eigenvalue weighted by atomic mass is 10.0. The fraction of sp³-hybridized carbons (Fsp3) is 0.462. The smallest absolute Gasteiger partial charge is 0.289 e. The first-order chi connectivity index (χ1) is 8.24. The SMILES string of the molecule is CC.Cc1cccc2c1NC(=O)C21OCCO1. The molecule has 0 bridgehead atoms. The van der Waals surface area contributed by atoms with E-state index in [0.29, 0.717) is 13.2 Å². The molecule has 0 saturated carbocycles. The van der Waals surface area contributed by atoms with Crippen molar-refractivity contribution in [3.63, 3.8) is 0 Å². The maximum absolute atomic E-state index is 11.8. The molecule has 0 radical (unpaired) electrons. The van der Waals surface area contributed by atoms with Crippen LogP contribution in [0, 0.1) is 6.92 Å². The standard InChI is InChI=1S/C11H11NO3.C2H6/c1-7-3-2-4-8-9(7)12-10(13)11(8)14-5-6-15-11;1-2/h2-4H,5-6H2,1H3,(H,12,13);1-2H3. The Morgan fingerprint density at radius 3 is 2.53 bits per heavy atom. The number of ether oxygens (including phenoxy) is 2. The fourth-order valence-electron chi connectivity index (χ4n) is 2.13. The summed E-state index contributed by atoms with van der Waals surface area (Å²) in [6.07, 6.45) is 0. The first-order valence-electron chi connectivity index (χ1n) is 5.93. The molecule has 1 amide bonds. The predicted octanol–water partition coefficient (Wildman–Crippen LogP) is 2.17. The summed E-state index contributed by atoms with van der Waals surface area (Å²) in [6.45, 7) is 6.87. The highest BCUT2D eigenvalue weighted by atomic mass is 16.7. The van der Waals surface area contributed by atoms with Crippen molar-refractivity contribution in [2.45, 2.75) is 26.6 Å². The molecule has 2 aliphatic heterocycles. The number of rotatable bonds is 0. The van der Waals surface area contributed by atoms with E-state index in [1.807, 2.05) is 39.0 Å². The van der Waals surface area contributed by atoms with Gasteiger partial charge in [-0.05, 0) is 12.5 Å². The van der Waals surface area contributed by atoms with Gasteiger partial charge in [0.05, 0.1) is 18.9 Å². The normalized spacial score (nSPS) is 19.6. The van der Waals surface area contributed by atoms with Crippen molar-refractivity contribution in [1.29, 1.82) is 0 Å². The minimum Gasteiger partial charge on any atom is -0.336 e. The summed E-state index contributed by atoms with van der Waals surface area (Å²) in [7, 11) is 0. The Hall–Kier alpha value is -1.39. The number of hydrogen-bond acceptors (Lipinski definition) is 3. The second kappa shape index (κ2) is 4.47. The van der Waals surface area contributed by atoms with Crippen LogP contribution >= 0.6 is 0 Å². The van der Waals surface area contributed by atoms with Crippen molar-refractivity contribution in [2.24, 2.45) is 0 Å². The van der Waals surface area contributed by atoms with Crippen LogP contribution in [0.4, 0.5) is 5.69 Å². The molecule has 1 fully saturated rings. The van der Waals surface area contributed by atoms with Crippen LogP contribution in [0.2, 0.25) is 0 Å². The number of carbonyl (C=O) groups excluding carboxylic acids is 1. The van der Waals surface area contributed by atoms with Crippen molar-refractivity contribution in [1.82, 2.24) is 0 Å². The topological polar surface area (TPSA) is 47.6 Å². The second-order valence-corrected chi connectivity index (χ2v) is 3.77. The monoisotopic (exact) mass is 235 g/mol. The van der Waals surface area contributed by atoms with Crippen LogP contribution in [0.1, 0.15) is 25.0 Å². The van der Waals surface area contributed by atoms with Crippen LogP contribution in [0.5, 0.6) is 0 Å². The molecule has 1 spiro atoms. The molecule has 0 aromatic heterocycles. The minimum absolute atomic E-state index is 0.218. The zero-order valence-electron chi connectivity index (χ0n) is 10.4. The van der Waals surface area contributed by atoms with Gasteiger partial charge < -0.3 is 14.8 Å². The highest BCUT2D eigenvalue weighted by Gasteiger charge is 2.52. The van der Waals surface area contributed by atoms with Crippen LogP contribution in [0.15, 0.2) is 18.2 Å². The zero-order valence-corrected chi connectivity index (χ0v) is 10.4. The van der Waals surface area contributed by atoms with Crippen LogP contribution in [0.3, 0.4) is 0 Å². The third kappa shape index (κ3) is 1.64. The fourth-order valence-corrected chi connectivity index (χ4v) is 2.13. The number of carbonyl (C=O) groups is 1. The van der Waals surface area contributed by atoms with E-state index in [2.05, 4.69) is 5.32 Å². The predicted molar refractivity (Wildman–Crippen MR) is 64.7 cm³/mol. The average molecular weight is 235 g/mol. The molecular weight excluding hydrogens is 218 g/mol. The first kappa shape index (κ1) is 12.1. The van der Waals surface area contributed by atoms with Gasteiger partial charge in [-0.25, -0.2) is 0 Å². The van der Waals surface area contributed by atoms with Crippen LogP contribution in [-0.4, -0.2) is 19.1 Å². The molecule has 4 heteroatoms. The highest BCUT2D eigenvalue weighted by Crippen LogP contribution is 2.43. The minimum atomic E-state index is -1.18. The Bertz CT molecular complexity index is 436. The molecule has 4 nitrogen and oxygen atoms in total. The van der Waals surface area contributed by atoms with Gasteiger partial charge in [-0.1, -0.05) is 32.0 Å². The second-order valence-electron chi connectivity index (χ2n) is 3.77. The number of hydrogen-bond donors (Lipinski definition) is 1. The Morgan fingerprint density at radius 1 is 1.24 bits per heavy atom. The van der Waals surface area contributed by atoms with Gasteiger partial charge in [0.25, 0.3) is 11.7 Å². The third-order valence-electron chi connectivity index (χ3n) is 2.86. The summed E-state index contributed by atoms with van der Waals surface area (Å²) < 4.78 is 10.9. The van der Waals surface area contributed by atoms with Crippen molar-refractivity contribution < 1.29 is 14.3 Å². The van der Waals surface area contributed by atoms with E-state index in [-0.39, 0.29) is 5.91 Å². The van der Waals surface area contributed by atoms with E-state index >= 15 is 0 Å². The average Bonchev–Trinajstić information content (AvgIpc) is 2.93. The summed E-state index contributed by atoms with van der Waals surface area (Å²) in [5.41, 5.74) is 2.64. The van der Waals surface area contributed by atoms with E-state index < -0.39 is 5.79 Å². The number of anilines is 1. The molecule has 17 heavy (non-hydrogen) atoms. The largest absolute Gasteiger partial charge is 0.336 e. The van der Waals surface area contributed by atoms with Gasteiger partial charge in [-0.3, -0.25) is 4.79 Å². The van der Waals surface area contributed by atoms with Crippen molar-refractivity contribution in [3.05, 3.63) is 29.3 Å². The summed E-state index contributed by atoms with van der Waals surface area (Å²) in [5, 5.41) is 2.81. The van der Waals surface area contributed by atoms with Gasteiger partial charge in [0.2, 0.25) is 0 Å². The van der Waals surface area contributed by atoms with E-state index in [1.54, 1.807) is 0 Å². The lowest BCUT2D eigenvalue weighted by molar-refractivity contribution is -0.178. The van der Waals surface area contributed by atoms with Gasteiger partial charge in [0.15, 0.2) is 0 Å². The molecule has 0 aliphatic carbocycles. The Kier molecular flexibility index (Phi) is 3.17. The molecule has 3 rings (SSSR count). The third-order valence-corrected chi connectivity index (χ3v) is 2.86. The summed E-state index contributed by atoms with van der Waals surface area (Å²) in [4.78, 5) is 11.8. The van der Waals surface area contributed by atoms with Crippen molar-refractivity contribution in [2.75, 3.05) is 18.5 Å². The number of para-hydroxylation sites is 1. The van der Waals surface area contributed by atoms with Crippen LogP contribution in [-0.2, 0) is 20.1 Å². The Labute approximate surface area is 101 Å². The number of benzene rings is 1. The van der Waals surface area contributed by atoms with Crippen molar-refractivity contribution in [3.8, 4) is 0 Å². The van der Waals surface area contributed by atoms with Gasteiger partial charge in [0.1, 0.15) is 0 Å². The van der Waals surface area contributed by atoms with Crippen LogP contribution < -0.4 is 5.32 Å². The number of amides is 1. The molecule has 2 heterocycles. The van der Waals surface area contributed by atoms with Gasteiger partial charge in [-0.15, -0.1) is 0 Å². The highest BCUT2D eigenvalue weighted by molar-refractivity contribution is 6.04. The van der Waals surface area contributed by atoms with Gasteiger partial charge >= 0.3 is 0 Å². The molecular formula is C13H17NO3. The molecule has 1 aromatic rings. The molecule has 1 N–H and O–H groups in total. The number of nitrogens with one attached hydrogen (secondary N) is 1. The quantitative estimate of drug-likeness (QED) is 0.749. The molecule has 2 aliphatic rings. The number of fused-ring (bicyclic) bond motifs is 2. The van der Waals surface area contributed by atoms with E-state index in [1.165, 1.54) is 0 Å². The van der Waals surface area contributed by atoms with Gasteiger partial charge in [-0.2, -0.15) is 0 Å². The Morgan fingerprint density at radius 2 is 1.88 bits per heavy atom. The molecule has 0 atom stereocenters. The first-order valence-corrected chi connectivity index (χ1v) is 5.93. The van der Waals surface area contributed by atoms with E-state index in [9.17, 15) is 4.79 Å². The van der Waals surface area contributed by atoms with Crippen LogP contribution in [0.25, 0.3) is 0 Å². The molecule has 1 saturated heterocycles. The lowest BCUT2D eigenvalue weighted by Crippen LogP contribution is -2.35. The molecule has 0 unspecified atom stereocenters.